The molecule has 0 aliphatic carbocycles. The van der Waals surface area contributed by atoms with Crippen LogP contribution in [0.25, 0.3) is 28.3 Å². The monoisotopic (exact) mass is 343 g/mol. The third-order valence-electron chi connectivity index (χ3n) is 4.28. The van der Waals surface area contributed by atoms with Gasteiger partial charge in [-0.1, -0.05) is 12.1 Å². The van der Waals surface area contributed by atoms with Crippen molar-refractivity contribution in [3.63, 3.8) is 0 Å². The fourth-order valence-corrected chi connectivity index (χ4v) is 2.83. The first-order valence-electron chi connectivity index (χ1n) is 8.24. The number of carbonyl (C=O) groups excluding carboxylic acids is 1. The maximum atomic E-state index is 11.4. The molecule has 0 atom stereocenters. The van der Waals surface area contributed by atoms with Gasteiger partial charge < -0.3 is 5.32 Å². The Kier molecular flexibility index (Phi) is 3.93. The van der Waals surface area contributed by atoms with Crippen LogP contribution in [0.1, 0.15) is 17.3 Å². The summed E-state index contributed by atoms with van der Waals surface area (Å²) in [5.41, 5.74) is 5.31. The number of anilines is 1. The SMILES string of the molecule is CNc1cccc(-c2cnc3cc(-c4ncc(C(C)=O)cn4)ccn23)c1. The minimum Gasteiger partial charge on any atom is -0.388 e. The first-order chi connectivity index (χ1) is 12.7. The molecule has 1 aromatic carbocycles. The van der Waals surface area contributed by atoms with Crippen LogP contribution in [0.5, 0.6) is 0 Å². The number of rotatable bonds is 4. The van der Waals surface area contributed by atoms with Gasteiger partial charge in [0.05, 0.1) is 17.5 Å². The van der Waals surface area contributed by atoms with E-state index in [2.05, 4.69) is 32.4 Å². The van der Waals surface area contributed by atoms with Crippen molar-refractivity contribution >= 4 is 17.1 Å². The van der Waals surface area contributed by atoms with Crippen molar-refractivity contribution < 1.29 is 4.79 Å². The van der Waals surface area contributed by atoms with Gasteiger partial charge in [0, 0.05) is 42.5 Å². The molecule has 0 aliphatic rings. The zero-order chi connectivity index (χ0) is 18.1. The summed E-state index contributed by atoms with van der Waals surface area (Å²) in [7, 11) is 1.90. The highest BCUT2D eigenvalue weighted by Gasteiger charge is 2.09. The lowest BCUT2D eigenvalue weighted by Crippen LogP contribution is -1.97. The molecule has 0 saturated carbocycles. The Morgan fingerprint density at radius 2 is 1.81 bits per heavy atom. The van der Waals surface area contributed by atoms with Crippen molar-refractivity contribution in [2.45, 2.75) is 6.92 Å². The largest absolute Gasteiger partial charge is 0.388 e. The zero-order valence-corrected chi connectivity index (χ0v) is 14.5. The molecule has 0 amide bonds. The van der Waals surface area contributed by atoms with Gasteiger partial charge in [0.2, 0.25) is 0 Å². The van der Waals surface area contributed by atoms with E-state index in [1.54, 1.807) is 12.4 Å². The van der Waals surface area contributed by atoms with E-state index in [0.29, 0.717) is 11.4 Å². The van der Waals surface area contributed by atoms with Crippen LogP contribution in [-0.2, 0) is 0 Å². The average Bonchev–Trinajstić information content (AvgIpc) is 3.11. The number of nitrogens with one attached hydrogen (secondary N) is 1. The van der Waals surface area contributed by atoms with Crippen LogP contribution in [0.15, 0.2) is 61.2 Å². The van der Waals surface area contributed by atoms with Crippen LogP contribution in [0.4, 0.5) is 5.69 Å². The fraction of sp³-hybridized carbons (Fsp3) is 0.100. The molecule has 3 heterocycles. The molecule has 0 aliphatic heterocycles. The number of pyridine rings is 1. The Bertz CT molecular complexity index is 1100. The van der Waals surface area contributed by atoms with Crippen LogP contribution in [0.2, 0.25) is 0 Å². The average molecular weight is 343 g/mol. The number of carbonyl (C=O) groups is 1. The third-order valence-corrected chi connectivity index (χ3v) is 4.28. The molecule has 26 heavy (non-hydrogen) atoms. The molecular weight excluding hydrogens is 326 g/mol. The van der Waals surface area contributed by atoms with Crippen molar-refractivity contribution in [3.05, 3.63) is 66.7 Å². The third kappa shape index (κ3) is 2.82. The van der Waals surface area contributed by atoms with Gasteiger partial charge >= 0.3 is 0 Å². The molecule has 0 fully saturated rings. The Morgan fingerprint density at radius 1 is 1.00 bits per heavy atom. The molecule has 128 valence electrons. The molecule has 0 unspecified atom stereocenters. The maximum Gasteiger partial charge on any atom is 0.162 e. The van der Waals surface area contributed by atoms with E-state index in [-0.39, 0.29) is 5.78 Å². The predicted octanol–water partition coefficient (Wildman–Crippen LogP) is 3.70. The zero-order valence-electron chi connectivity index (χ0n) is 14.5. The highest BCUT2D eigenvalue weighted by atomic mass is 16.1. The number of aromatic nitrogens is 4. The lowest BCUT2D eigenvalue weighted by atomic mass is 10.1. The summed E-state index contributed by atoms with van der Waals surface area (Å²) in [5.74, 6) is 0.521. The minimum atomic E-state index is -0.0475. The van der Waals surface area contributed by atoms with Crippen LogP contribution >= 0.6 is 0 Å². The summed E-state index contributed by atoms with van der Waals surface area (Å²) < 4.78 is 2.03. The molecule has 6 heteroatoms. The number of fused-ring (bicyclic) bond motifs is 1. The van der Waals surface area contributed by atoms with E-state index in [1.165, 1.54) is 6.92 Å². The van der Waals surface area contributed by atoms with Crippen molar-refractivity contribution in [2.75, 3.05) is 12.4 Å². The van der Waals surface area contributed by atoms with E-state index in [4.69, 9.17) is 0 Å². The Morgan fingerprint density at radius 3 is 2.54 bits per heavy atom. The lowest BCUT2D eigenvalue weighted by molar-refractivity contribution is 0.101. The highest BCUT2D eigenvalue weighted by molar-refractivity contribution is 5.93. The van der Waals surface area contributed by atoms with Crippen LogP contribution in [-0.4, -0.2) is 32.2 Å². The maximum absolute atomic E-state index is 11.4. The van der Waals surface area contributed by atoms with E-state index in [1.807, 2.05) is 48.1 Å². The van der Waals surface area contributed by atoms with E-state index >= 15 is 0 Å². The van der Waals surface area contributed by atoms with Crippen LogP contribution in [0.3, 0.4) is 0 Å². The summed E-state index contributed by atoms with van der Waals surface area (Å²) in [4.78, 5) is 24.4. The lowest BCUT2D eigenvalue weighted by Gasteiger charge is -2.06. The van der Waals surface area contributed by atoms with Gasteiger partial charge in [-0.2, -0.15) is 0 Å². The van der Waals surface area contributed by atoms with Gasteiger partial charge in [-0.15, -0.1) is 0 Å². The number of imidazole rings is 1. The minimum absolute atomic E-state index is 0.0475. The van der Waals surface area contributed by atoms with Gasteiger partial charge in [0.15, 0.2) is 11.6 Å². The second-order valence-corrected chi connectivity index (χ2v) is 5.97. The summed E-state index contributed by atoms with van der Waals surface area (Å²) in [5, 5.41) is 3.15. The molecule has 0 bridgehead atoms. The van der Waals surface area contributed by atoms with Gasteiger partial charge in [0.1, 0.15) is 5.65 Å². The number of benzene rings is 1. The smallest absolute Gasteiger partial charge is 0.162 e. The number of ketones is 1. The molecule has 3 aromatic heterocycles. The summed E-state index contributed by atoms with van der Waals surface area (Å²) in [6, 6.07) is 12.1. The molecular formula is C20H17N5O. The topological polar surface area (TPSA) is 72.2 Å². The second kappa shape index (κ2) is 6.40. The molecule has 6 nitrogen and oxygen atoms in total. The van der Waals surface area contributed by atoms with Gasteiger partial charge in [0.25, 0.3) is 0 Å². The van der Waals surface area contributed by atoms with Gasteiger partial charge in [-0.3, -0.25) is 9.20 Å². The summed E-state index contributed by atoms with van der Waals surface area (Å²) >= 11 is 0. The summed E-state index contributed by atoms with van der Waals surface area (Å²) in [6.45, 7) is 1.50. The van der Waals surface area contributed by atoms with Gasteiger partial charge in [-0.05, 0) is 31.2 Å². The normalized spacial score (nSPS) is 10.8. The molecule has 4 rings (SSSR count). The number of Topliss-reactive ketones (excluding diaryl/α,β-unsaturated/α-hetero) is 1. The van der Waals surface area contributed by atoms with E-state index in [9.17, 15) is 4.79 Å². The van der Waals surface area contributed by atoms with E-state index in [0.717, 1.165) is 28.2 Å². The van der Waals surface area contributed by atoms with Crippen molar-refractivity contribution in [1.29, 1.82) is 0 Å². The molecule has 1 N–H and O–H groups in total. The fourth-order valence-electron chi connectivity index (χ4n) is 2.83. The van der Waals surface area contributed by atoms with Crippen molar-refractivity contribution in [3.8, 4) is 22.6 Å². The standard InChI is InChI=1S/C20H17N5O/c1-13(26)16-10-23-20(24-11-16)15-6-7-25-18(12-22-19(25)9-15)14-4-3-5-17(8-14)21-2/h3-12,21H,1-2H3. The number of nitrogens with zero attached hydrogens (tertiary/aromatic N) is 4. The second-order valence-electron chi connectivity index (χ2n) is 5.97. The number of hydrogen-bond acceptors (Lipinski definition) is 5. The summed E-state index contributed by atoms with van der Waals surface area (Å²) in [6.07, 6.45) is 6.92. The van der Waals surface area contributed by atoms with Crippen LogP contribution < -0.4 is 5.32 Å². The molecule has 0 radical (unpaired) electrons. The Balaban J connectivity index is 1.74. The van der Waals surface area contributed by atoms with Crippen LogP contribution in [0, 0.1) is 0 Å². The first kappa shape index (κ1) is 16.0. The Labute approximate surface area is 150 Å². The molecule has 0 spiro atoms. The predicted molar refractivity (Wildman–Crippen MR) is 101 cm³/mol. The molecule has 0 saturated heterocycles. The van der Waals surface area contributed by atoms with Crippen molar-refractivity contribution in [1.82, 2.24) is 19.4 Å². The van der Waals surface area contributed by atoms with Gasteiger partial charge in [-0.25, -0.2) is 15.0 Å². The quantitative estimate of drug-likeness (QED) is 0.572. The number of hydrogen-bond donors (Lipinski definition) is 1. The molecule has 4 aromatic rings. The Hall–Kier alpha value is -3.54. The van der Waals surface area contributed by atoms with Crippen molar-refractivity contribution in [2.24, 2.45) is 0 Å². The highest BCUT2D eigenvalue weighted by Crippen LogP contribution is 2.25. The van der Waals surface area contributed by atoms with E-state index < -0.39 is 0 Å². The first-order valence-corrected chi connectivity index (χ1v) is 8.24.